The fourth-order valence-corrected chi connectivity index (χ4v) is 6.13. The van der Waals surface area contributed by atoms with E-state index in [4.69, 9.17) is 9.84 Å². The molecule has 280 valence electrons. The number of nitrogens with zero attached hydrogens (tertiary/aromatic N) is 7. The predicted molar refractivity (Wildman–Crippen MR) is 195 cm³/mol. The van der Waals surface area contributed by atoms with Crippen LogP contribution in [0.4, 0.5) is 20.4 Å². The van der Waals surface area contributed by atoms with Gasteiger partial charge in [-0.1, -0.05) is 0 Å². The molecule has 1 aliphatic heterocycles. The number of rotatable bonds is 10. The Morgan fingerprint density at radius 3 is 1.65 bits per heavy atom. The smallest absolute Gasteiger partial charge is 0.338 e. The number of hydrogen-bond acceptors (Lipinski definition) is 11. The standard InChI is InChI=1S/C21H20FN5O3.C17H13FN4O3/c22-17-4-1-13(9-16(17)21(29)26-5-7-30-8-6-26)18-10-19(24-15-2-3-15)27-20(25-18)14(12-28)11-23-27;18-13-4-1-9(5-12(13)17(24)25)14-6-15(20-11-2-3-11)22-16(21-14)10(8-23)7-19-22/h1,4,9-12,15,24H,2-3,5-8H2;1,4-8,11,20H,2-3H2,(H,24,25). The number of benzene rings is 2. The molecule has 0 bridgehead atoms. The number of carboxylic acid groups (broad SMARTS) is 1. The lowest BCUT2D eigenvalue weighted by atomic mass is 10.1. The Labute approximate surface area is 310 Å². The minimum atomic E-state index is -1.35. The maximum Gasteiger partial charge on any atom is 0.338 e. The van der Waals surface area contributed by atoms with Crippen LogP contribution in [0.25, 0.3) is 33.8 Å². The SMILES string of the molecule is O=Cc1cnn2c(NC3CC3)cc(-c3ccc(F)c(C(=O)N4CCOCC4)c3)nc12.O=Cc1cnn2c(NC3CC3)cc(-c3ccc(F)c(C(=O)O)c3)nc12. The molecule has 3 fully saturated rings. The highest BCUT2D eigenvalue weighted by Crippen LogP contribution is 2.31. The van der Waals surface area contributed by atoms with Crippen molar-refractivity contribution in [1.82, 2.24) is 34.1 Å². The van der Waals surface area contributed by atoms with Gasteiger partial charge in [-0.05, 0) is 62.1 Å². The zero-order valence-corrected chi connectivity index (χ0v) is 29.1. The molecule has 1 saturated heterocycles. The highest BCUT2D eigenvalue weighted by molar-refractivity contribution is 5.96. The Hall–Kier alpha value is -6.62. The summed E-state index contributed by atoms with van der Waals surface area (Å²) in [7, 11) is 0. The average molecular weight is 750 g/mol. The first kappa shape index (κ1) is 35.4. The summed E-state index contributed by atoms with van der Waals surface area (Å²) < 4.78 is 36.5. The summed E-state index contributed by atoms with van der Waals surface area (Å²) in [6, 6.07) is 12.4. The van der Waals surface area contributed by atoms with Crippen LogP contribution in [0.2, 0.25) is 0 Å². The first-order valence-electron chi connectivity index (χ1n) is 17.6. The maximum atomic E-state index is 14.5. The van der Waals surface area contributed by atoms with E-state index >= 15 is 0 Å². The van der Waals surface area contributed by atoms with Crippen LogP contribution in [-0.2, 0) is 4.74 Å². The molecule has 4 aromatic heterocycles. The third-order valence-electron chi connectivity index (χ3n) is 9.39. The second-order valence-electron chi connectivity index (χ2n) is 13.4. The van der Waals surface area contributed by atoms with Crippen LogP contribution in [0.15, 0.2) is 60.9 Å². The number of carbonyl (C=O) groups excluding carboxylic acids is 3. The van der Waals surface area contributed by atoms with Crippen molar-refractivity contribution >= 4 is 47.4 Å². The summed E-state index contributed by atoms with van der Waals surface area (Å²) in [4.78, 5) is 57.2. The second kappa shape index (κ2) is 14.7. The number of aromatic nitrogens is 6. The lowest BCUT2D eigenvalue weighted by Crippen LogP contribution is -2.41. The van der Waals surface area contributed by atoms with Crippen molar-refractivity contribution in [2.45, 2.75) is 37.8 Å². The minimum Gasteiger partial charge on any atom is -0.478 e. The van der Waals surface area contributed by atoms with Crippen LogP contribution in [0.1, 0.15) is 67.1 Å². The van der Waals surface area contributed by atoms with Crippen LogP contribution in [0.3, 0.4) is 0 Å². The summed E-state index contributed by atoms with van der Waals surface area (Å²) >= 11 is 0. The van der Waals surface area contributed by atoms with Crippen LogP contribution in [0.5, 0.6) is 0 Å². The van der Waals surface area contributed by atoms with Gasteiger partial charge in [-0.2, -0.15) is 19.2 Å². The van der Waals surface area contributed by atoms with E-state index in [9.17, 15) is 28.0 Å². The first-order chi connectivity index (χ1) is 26.7. The lowest BCUT2D eigenvalue weighted by molar-refractivity contribution is 0.0300. The van der Waals surface area contributed by atoms with Gasteiger partial charge in [0.05, 0.1) is 59.2 Å². The third kappa shape index (κ3) is 7.33. The van der Waals surface area contributed by atoms with Gasteiger partial charge in [0, 0.05) is 48.4 Å². The van der Waals surface area contributed by atoms with Gasteiger partial charge in [-0.3, -0.25) is 14.4 Å². The third-order valence-corrected chi connectivity index (χ3v) is 9.39. The summed E-state index contributed by atoms with van der Waals surface area (Å²) in [6.45, 7) is 1.75. The van der Waals surface area contributed by atoms with Gasteiger partial charge in [-0.15, -0.1) is 0 Å². The van der Waals surface area contributed by atoms with Crippen molar-refractivity contribution in [1.29, 1.82) is 0 Å². The van der Waals surface area contributed by atoms with Gasteiger partial charge in [-0.25, -0.2) is 23.5 Å². The number of ether oxygens (including phenoxy) is 1. The van der Waals surface area contributed by atoms with Crippen LogP contribution in [-0.4, -0.2) is 102 Å². The fourth-order valence-electron chi connectivity index (χ4n) is 6.13. The van der Waals surface area contributed by atoms with E-state index in [0.29, 0.717) is 108 Å². The van der Waals surface area contributed by atoms with Gasteiger partial charge in [0.25, 0.3) is 5.91 Å². The number of carboxylic acids is 1. The summed E-state index contributed by atoms with van der Waals surface area (Å²) in [5.41, 5.74) is 3.02. The molecule has 9 rings (SSSR count). The van der Waals surface area contributed by atoms with E-state index in [1.54, 1.807) is 21.5 Å². The van der Waals surface area contributed by atoms with Crippen molar-refractivity contribution in [3.05, 3.63) is 94.8 Å². The number of carbonyl (C=O) groups is 4. The molecule has 0 spiro atoms. The highest BCUT2D eigenvalue weighted by atomic mass is 19.1. The quantitative estimate of drug-likeness (QED) is 0.159. The van der Waals surface area contributed by atoms with Crippen LogP contribution < -0.4 is 10.6 Å². The molecule has 6 aromatic rings. The van der Waals surface area contributed by atoms with E-state index in [-0.39, 0.29) is 11.5 Å². The number of amides is 1. The van der Waals surface area contributed by atoms with Crippen molar-refractivity contribution in [2.24, 2.45) is 0 Å². The number of aldehydes is 2. The zero-order valence-electron chi connectivity index (χ0n) is 29.1. The summed E-state index contributed by atoms with van der Waals surface area (Å²) in [5, 5.41) is 24.2. The van der Waals surface area contributed by atoms with Crippen LogP contribution in [0, 0.1) is 11.6 Å². The van der Waals surface area contributed by atoms with Crippen molar-refractivity contribution in [2.75, 3.05) is 36.9 Å². The monoisotopic (exact) mass is 749 g/mol. The number of morpholine rings is 1. The topological polar surface area (TPSA) is 185 Å². The zero-order chi connectivity index (χ0) is 38.2. The summed E-state index contributed by atoms with van der Waals surface area (Å²) in [6.07, 6.45) is 8.47. The molecule has 2 aliphatic carbocycles. The normalized spacial score (nSPS) is 15.3. The van der Waals surface area contributed by atoms with Gasteiger partial charge in [0.2, 0.25) is 0 Å². The van der Waals surface area contributed by atoms with Crippen LogP contribution >= 0.6 is 0 Å². The maximum absolute atomic E-state index is 14.5. The molecule has 3 aliphatic rings. The molecule has 1 amide bonds. The fraction of sp³-hybridized carbons (Fsp3) is 0.263. The predicted octanol–water partition coefficient (Wildman–Crippen LogP) is 5.02. The Balaban J connectivity index is 0.000000158. The Kier molecular flexibility index (Phi) is 9.44. The number of hydrogen-bond donors (Lipinski definition) is 3. The van der Waals surface area contributed by atoms with Gasteiger partial charge < -0.3 is 25.4 Å². The lowest BCUT2D eigenvalue weighted by Gasteiger charge is -2.27. The number of nitrogens with one attached hydrogen (secondary N) is 2. The molecule has 2 aromatic carbocycles. The van der Waals surface area contributed by atoms with E-state index in [1.807, 2.05) is 6.07 Å². The molecule has 15 nitrogen and oxygen atoms in total. The molecule has 0 atom stereocenters. The molecular weight excluding hydrogens is 716 g/mol. The van der Waals surface area contributed by atoms with E-state index in [2.05, 4.69) is 30.8 Å². The van der Waals surface area contributed by atoms with E-state index in [1.165, 1.54) is 41.2 Å². The molecule has 0 radical (unpaired) electrons. The van der Waals surface area contributed by atoms with Crippen molar-refractivity contribution < 1.29 is 37.8 Å². The van der Waals surface area contributed by atoms with Gasteiger partial charge in [0.1, 0.15) is 23.3 Å². The molecule has 3 N–H and O–H groups in total. The van der Waals surface area contributed by atoms with E-state index in [0.717, 1.165) is 31.7 Å². The molecule has 17 heteroatoms. The Bertz CT molecular complexity index is 2490. The van der Waals surface area contributed by atoms with Gasteiger partial charge in [0.15, 0.2) is 23.9 Å². The molecule has 55 heavy (non-hydrogen) atoms. The number of halogens is 2. The Morgan fingerprint density at radius 1 is 0.727 bits per heavy atom. The van der Waals surface area contributed by atoms with Crippen molar-refractivity contribution in [3.8, 4) is 22.5 Å². The second-order valence-corrected chi connectivity index (χ2v) is 13.4. The highest BCUT2D eigenvalue weighted by Gasteiger charge is 2.26. The first-order valence-corrected chi connectivity index (χ1v) is 17.6. The number of aromatic carboxylic acids is 1. The number of fused-ring (bicyclic) bond motifs is 2. The number of anilines is 2. The van der Waals surface area contributed by atoms with Gasteiger partial charge >= 0.3 is 5.97 Å². The average Bonchev–Trinajstić information content (AvgIpc) is 4.12. The van der Waals surface area contributed by atoms with E-state index < -0.39 is 23.2 Å². The molecule has 0 unspecified atom stereocenters. The minimum absolute atomic E-state index is 0.00288. The Morgan fingerprint density at radius 2 is 1.20 bits per heavy atom. The van der Waals surface area contributed by atoms with Crippen molar-refractivity contribution in [3.63, 3.8) is 0 Å². The largest absolute Gasteiger partial charge is 0.478 e. The summed E-state index contributed by atoms with van der Waals surface area (Å²) in [5.74, 6) is -1.76. The molecule has 2 saturated carbocycles. The molecular formula is C38H33F2N9O6. The molecule has 5 heterocycles.